The smallest absolute Gasteiger partial charge is 0.227 e. The molecule has 0 aliphatic heterocycles. The minimum absolute atomic E-state index is 0.254. The Labute approximate surface area is 193 Å². The van der Waals surface area contributed by atoms with Gasteiger partial charge in [-0.1, -0.05) is 30.3 Å². The van der Waals surface area contributed by atoms with Crippen LogP contribution in [0.2, 0.25) is 0 Å². The van der Waals surface area contributed by atoms with Crippen LogP contribution in [0, 0.1) is 12.7 Å². The van der Waals surface area contributed by atoms with Gasteiger partial charge < -0.3 is 14.6 Å². The summed E-state index contributed by atoms with van der Waals surface area (Å²) in [6.07, 6.45) is 3.24. The van der Waals surface area contributed by atoms with E-state index < -0.39 is 6.10 Å². The van der Waals surface area contributed by atoms with Crippen molar-refractivity contribution in [3.05, 3.63) is 84.3 Å². The first-order valence-electron chi connectivity index (χ1n) is 11.2. The van der Waals surface area contributed by atoms with Gasteiger partial charge in [0.05, 0.1) is 36.3 Å². The maximum absolute atomic E-state index is 13.8. The highest BCUT2D eigenvalue weighted by molar-refractivity contribution is 5.43. The monoisotopic (exact) mass is 451 g/mol. The Hall–Kier alpha value is -3.00. The molecule has 7 heteroatoms. The zero-order valence-electron chi connectivity index (χ0n) is 18.9. The maximum Gasteiger partial charge on any atom is 0.227 e. The molecule has 1 fully saturated rings. The molecule has 1 N–H and O–H groups in total. The molecular weight excluding hydrogens is 421 g/mol. The molecule has 1 aliphatic carbocycles. The maximum atomic E-state index is 13.8. The van der Waals surface area contributed by atoms with Crippen LogP contribution in [0.3, 0.4) is 0 Å². The molecule has 0 radical (unpaired) electrons. The lowest BCUT2D eigenvalue weighted by Gasteiger charge is -2.25. The van der Waals surface area contributed by atoms with Crippen molar-refractivity contribution in [1.29, 1.82) is 0 Å². The normalized spacial score (nSPS) is 14.4. The summed E-state index contributed by atoms with van der Waals surface area (Å²) in [7, 11) is 0. The van der Waals surface area contributed by atoms with E-state index in [0.29, 0.717) is 37.4 Å². The average molecular weight is 452 g/mol. The number of rotatable bonds is 12. The standard InChI is InChI=1S/C26H30FN3O3/c1-3-14-32-18-23(31)16-29(21-12-13-21)17-25-19(2)28-30(22-9-5-4-6-10-22)26(25)33-24-11-7-8-20(27)15-24/h3-11,15,21,23,31H,1,12-14,16-18H2,2H3/t23-/m1/s1. The summed E-state index contributed by atoms with van der Waals surface area (Å²) in [4.78, 5) is 2.25. The zero-order valence-corrected chi connectivity index (χ0v) is 18.9. The van der Waals surface area contributed by atoms with Gasteiger partial charge in [-0.15, -0.1) is 6.58 Å². The molecule has 0 saturated heterocycles. The summed E-state index contributed by atoms with van der Waals surface area (Å²) in [5, 5.41) is 15.2. The third-order valence-corrected chi connectivity index (χ3v) is 5.56. The van der Waals surface area contributed by atoms with E-state index in [0.717, 1.165) is 29.8 Å². The Bertz CT molecular complexity index is 1070. The van der Waals surface area contributed by atoms with Crippen LogP contribution in [-0.4, -0.2) is 51.7 Å². The van der Waals surface area contributed by atoms with Crippen molar-refractivity contribution in [2.75, 3.05) is 19.8 Å². The molecule has 1 heterocycles. The number of ether oxygens (including phenoxy) is 2. The van der Waals surface area contributed by atoms with Gasteiger partial charge in [-0.2, -0.15) is 5.10 Å². The van der Waals surface area contributed by atoms with Gasteiger partial charge in [-0.05, 0) is 44.0 Å². The number of aryl methyl sites for hydroxylation is 1. The molecule has 4 rings (SSSR count). The summed E-state index contributed by atoms with van der Waals surface area (Å²) in [6.45, 7) is 7.29. The van der Waals surface area contributed by atoms with Gasteiger partial charge in [0.25, 0.3) is 0 Å². The predicted octanol–water partition coefficient (Wildman–Crippen LogP) is 4.64. The fourth-order valence-corrected chi connectivity index (χ4v) is 3.81. The summed E-state index contributed by atoms with van der Waals surface area (Å²) < 4.78 is 27.2. The Morgan fingerprint density at radius 2 is 2.03 bits per heavy atom. The Kier molecular flexibility index (Phi) is 7.54. The van der Waals surface area contributed by atoms with E-state index in [4.69, 9.17) is 14.6 Å². The third kappa shape index (κ3) is 6.07. The van der Waals surface area contributed by atoms with Crippen molar-refractivity contribution in [3.63, 3.8) is 0 Å². The topological polar surface area (TPSA) is 59.8 Å². The van der Waals surface area contributed by atoms with Gasteiger partial charge in [0.2, 0.25) is 5.88 Å². The van der Waals surface area contributed by atoms with Gasteiger partial charge in [-0.25, -0.2) is 9.07 Å². The van der Waals surface area contributed by atoms with Crippen LogP contribution in [0.15, 0.2) is 67.3 Å². The molecule has 0 bridgehead atoms. The van der Waals surface area contributed by atoms with Gasteiger partial charge in [0.15, 0.2) is 0 Å². The number of benzene rings is 2. The highest BCUT2D eigenvalue weighted by atomic mass is 19.1. The Balaban J connectivity index is 1.63. The first-order valence-corrected chi connectivity index (χ1v) is 11.2. The van der Waals surface area contributed by atoms with Crippen molar-refractivity contribution in [2.45, 2.75) is 38.5 Å². The van der Waals surface area contributed by atoms with Crippen LogP contribution in [0.4, 0.5) is 4.39 Å². The van der Waals surface area contributed by atoms with E-state index in [1.807, 2.05) is 37.3 Å². The number of aromatic nitrogens is 2. The minimum atomic E-state index is -0.609. The molecule has 1 atom stereocenters. The first-order chi connectivity index (χ1) is 16.0. The highest BCUT2D eigenvalue weighted by Gasteiger charge is 2.32. The second kappa shape index (κ2) is 10.7. The molecule has 6 nitrogen and oxygen atoms in total. The summed E-state index contributed by atoms with van der Waals surface area (Å²) in [5.74, 6) is 0.593. The molecule has 3 aromatic rings. The van der Waals surface area contributed by atoms with Crippen LogP contribution >= 0.6 is 0 Å². The van der Waals surface area contributed by atoms with Crippen molar-refractivity contribution < 1.29 is 19.0 Å². The summed E-state index contributed by atoms with van der Waals surface area (Å²) >= 11 is 0. The quantitative estimate of drug-likeness (QED) is 0.321. The van der Waals surface area contributed by atoms with E-state index in [2.05, 4.69) is 11.5 Å². The molecular formula is C26H30FN3O3. The molecule has 1 aliphatic rings. The lowest BCUT2D eigenvalue weighted by atomic mass is 10.2. The molecule has 0 unspecified atom stereocenters. The fraction of sp³-hybridized carbons (Fsp3) is 0.346. The van der Waals surface area contributed by atoms with E-state index >= 15 is 0 Å². The molecule has 2 aromatic carbocycles. The SMILES string of the molecule is C=CCOC[C@H](O)CN(Cc1c(C)nn(-c2ccccc2)c1Oc1cccc(F)c1)C1CC1. The average Bonchev–Trinajstić information content (AvgIpc) is 3.61. The molecule has 33 heavy (non-hydrogen) atoms. The molecule has 1 saturated carbocycles. The third-order valence-electron chi connectivity index (χ3n) is 5.56. The minimum Gasteiger partial charge on any atom is -0.438 e. The number of hydrogen-bond acceptors (Lipinski definition) is 5. The van der Waals surface area contributed by atoms with E-state index in [1.165, 1.54) is 12.1 Å². The second-order valence-electron chi connectivity index (χ2n) is 8.32. The van der Waals surface area contributed by atoms with Gasteiger partial charge >= 0.3 is 0 Å². The molecule has 0 amide bonds. The van der Waals surface area contributed by atoms with Crippen LogP contribution in [0.25, 0.3) is 5.69 Å². The molecule has 0 spiro atoms. The number of para-hydroxylation sites is 1. The summed E-state index contributed by atoms with van der Waals surface area (Å²) in [6, 6.07) is 16.2. The van der Waals surface area contributed by atoms with Crippen molar-refractivity contribution >= 4 is 0 Å². The van der Waals surface area contributed by atoms with Crippen LogP contribution < -0.4 is 4.74 Å². The summed E-state index contributed by atoms with van der Waals surface area (Å²) in [5.41, 5.74) is 2.59. The van der Waals surface area contributed by atoms with Gasteiger partial charge in [-0.3, -0.25) is 4.90 Å². The number of aliphatic hydroxyl groups excluding tert-OH is 1. The first kappa shape index (κ1) is 23.2. The Morgan fingerprint density at radius 3 is 2.73 bits per heavy atom. The molecule has 1 aromatic heterocycles. The van der Waals surface area contributed by atoms with E-state index in [1.54, 1.807) is 22.9 Å². The number of hydrogen-bond donors (Lipinski definition) is 1. The van der Waals surface area contributed by atoms with Gasteiger partial charge in [0.1, 0.15) is 11.6 Å². The number of halogens is 1. The molecule has 174 valence electrons. The lowest BCUT2D eigenvalue weighted by Crippen LogP contribution is -2.36. The Morgan fingerprint density at radius 1 is 1.24 bits per heavy atom. The predicted molar refractivity (Wildman–Crippen MR) is 125 cm³/mol. The second-order valence-corrected chi connectivity index (χ2v) is 8.32. The van der Waals surface area contributed by atoms with Gasteiger partial charge in [0, 0.05) is 25.2 Å². The van der Waals surface area contributed by atoms with Crippen molar-refractivity contribution in [3.8, 4) is 17.3 Å². The van der Waals surface area contributed by atoms with Crippen molar-refractivity contribution in [1.82, 2.24) is 14.7 Å². The van der Waals surface area contributed by atoms with Crippen molar-refractivity contribution in [2.24, 2.45) is 0 Å². The van der Waals surface area contributed by atoms with E-state index in [-0.39, 0.29) is 12.4 Å². The largest absolute Gasteiger partial charge is 0.438 e. The number of aliphatic hydroxyl groups is 1. The van der Waals surface area contributed by atoms with Crippen LogP contribution in [0.5, 0.6) is 11.6 Å². The van der Waals surface area contributed by atoms with Crippen LogP contribution in [0.1, 0.15) is 24.1 Å². The zero-order chi connectivity index (χ0) is 23.2. The van der Waals surface area contributed by atoms with E-state index in [9.17, 15) is 9.50 Å². The number of nitrogens with zero attached hydrogens (tertiary/aromatic N) is 3. The van der Waals surface area contributed by atoms with Crippen LogP contribution in [-0.2, 0) is 11.3 Å². The lowest BCUT2D eigenvalue weighted by molar-refractivity contribution is 0.0226. The fourth-order valence-electron chi connectivity index (χ4n) is 3.81. The highest BCUT2D eigenvalue weighted by Crippen LogP contribution is 2.35.